The second-order valence-corrected chi connectivity index (χ2v) is 8.81. The Bertz CT molecular complexity index is 1310. The third kappa shape index (κ3) is 7.19. The van der Waals surface area contributed by atoms with Crippen molar-refractivity contribution in [2.75, 3.05) is 39.7 Å². The molecule has 0 radical (unpaired) electrons. The molecule has 3 aromatic carbocycles. The number of rotatable bonds is 13. The largest absolute Gasteiger partial charge is 0.493 e. The Balaban J connectivity index is 1.42. The van der Waals surface area contributed by atoms with Gasteiger partial charge in [0.05, 0.1) is 31.5 Å². The number of hydroxylamine groups is 1. The molecule has 0 unspecified atom stereocenters. The summed E-state index contributed by atoms with van der Waals surface area (Å²) in [5.41, 5.74) is 7.25. The third-order valence-corrected chi connectivity index (χ3v) is 5.70. The number of benzene rings is 3. The first-order valence-electron chi connectivity index (χ1n) is 12.1. The van der Waals surface area contributed by atoms with E-state index in [1.54, 1.807) is 7.11 Å². The van der Waals surface area contributed by atoms with E-state index in [1.807, 2.05) is 80.8 Å². The summed E-state index contributed by atoms with van der Waals surface area (Å²) in [6, 6.07) is 21.6. The van der Waals surface area contributed by atoms with Gasteiger partial charge in [0.25, 0.3) is 0 Å². The lowest BCUT2D eigenvalue weighted by Gasteiger charge is -2.15. The molecule has 1 heterocycles. The van der Waals surface area contributed by atoms with Gasteiger partial charge >= 0.3 is 0 Å². The highest BCUT2D eigenvalue weighted by atomic mass is 16.6. The molecule has 0 aliphatic heterocycles. The maximum Gasteiger partial charge on any atom is 0.162 e. The van der Waals surface area contributed by atoms with Crippen LogP contribution in [0.2, 0.25) is 0 Å². The number of ether oxygens (including phenoxy) is 2. The van der Waals surface area contributed by atoms with Crippen molar-refractivity contribution >= 4 is 28.1 Å². The lowest BCUT2D eigenvalue weighted by Crippen LogP contribution is -2.15. The van der Waals surface area contributed by atoms with Crippen LogP contribution in [0.25, 0.3) is 16.6 Å². The van der Waals surface area contributed by atoms with E-state index in [0.717, 1.165) is 40.7 Å². The second kappa shape index (κ2) is 12.7. The molecule has 0 spiro atoms. The number of nitrogens with one attached hydrogen (secondary N) is 2. The molecule has 37 heavy (non-hydrogen) atoms. The molecule has 0 saturated heterocycles. The summed E-state index contributed by atoms with van der Waals surface area (Å²) < 4.78 is 11.6. The van der Waals surface area contributed by atoms with Crippen LogP contribution in [0.15, 0.2) is 79.6 Å². The van der Waals surface area contributed by atoms with E-state index < -0.39 is 0 Å². The summed E-state index contributed by atoms with van der Waals surface area (Å²) in [6.07, 6.45) is 2.44. The van der Waals surface area contributed by atoms with Crippen molar-refractivity contribution in [1.82, 2.24) is 20.3 Å². The molecule has 1 aromatic heterocycles. The molecule has 0 saturated carbocycles. The third-order valence-electron chi connectivity index (χ3n) is 5.70. The fraction of sp³-hybridized carbons (Fsp3) is 0.241. The van der Waals surface area contributed by atoms with Crippen LogP contribution >= 0.6 is 0 Å². The molecule has 0 fully saturated rings. The predicted molar refractivity (Wildman–Crippen MR) is 148 cm³/mol. The van der Waals surface area contributed by atoms with Gasteiger partial charge in [-0.05, 0) is 49.8 Å². The summed E-state index contributed by atoms with van der Waals surface area (Å²) in [5, 5.41) is 4.23. The van der Waals surface area contributed by atoms with E-state index in [2.05, 4.69) is 32.2 Å². The Morgan fingerprint density at radius 1 is 0.973 bits per heavy atom. The Kier molecular flexibility index (Phi) is 8.91. The molecule has 0 aliphatic carbocycles. The van der Waals surface area contributed by atoms with Gasteiger partial charge < -0.3 is 19.7 Å². The Morgan fingerprint density at radius 3 is 2.49 bits per heavy atom. The van der Waals surface area contributed by atoms with Crippen molar-refractivity contribution in [2.45, 2.75) is 13.0 Å². The zero-order valence-corrected chi connectivity index (χ0v) is 21.5. The summed E-state index contributed by atoms with van der Waals surface area (Å²) in [4.78, 5) is 16.6. The molecule has 8 heteroatoms. The van der Waals surface area contributed by atoms with Gasteiger partial charge in [0, 0.05) is 23.7 Å². The van der Waals surface area contributed by atoms with Gasteiger partial charge in [-0.3, -0.25) is 10.3 Å². The van der Waals surface area contributed by atoms with E-state index in [1.165, 1.54) is 6.33 Å². The van der Waals surface area contributed by atoms with Gasteiger partial charge in [-0.1, -0.05) is 49.0 Å². The van der Waals surface area contributed by atoms with Crippen LogP contribution in [0.1, 0.15) is 17.5 Å². The van der Waals surface area contributed by atoms with Crippen molar-refractivity contribution in [1.29, 1.82) is 0 Å². The van der Waals surface area contributed by atoms with Gasteiger partial charge in [-0.2, -0.15) is 0 Å². The van der Waals surface area contributed by atoms with Gasteiger partial charge in [-0.15, -0.1) is 0 Å². The van der Waals surface area contributed by atoms with Crippen molar-refractivity contribution in [2.24, 2.45) is 0 Å². The van der Waals surface area contributed by atoms with Gasteiger partial charge in [0.1, 0.15) is 12.1 Å². The molecule has 0 aliphatic rings. The summed E-state index contributed by atoms with van der Waals surface area (Å²) in [6.45, 7) is 6.06. The zero-order chi connectivity index (χ0) is 26.0. The molecule has 0 amide bonds. The number of nitrogens with zero attached hydrogens (tertiary/aromatic N) is 3. The van der Waals surface area contributed by atoms with Crippen LogP contribution < -0.4 is 20.3 Å². The maximum atomic E-state index is 6.03. The van der Waals surface area contributed by atoms with Crippen LogP contribution in [0.3, 0.4) is 0 Å². The number of hydrogen-bond donors (Lipinski definition) is 2. The molecule has 2 N–H and O–H groups in total. The van der Waals surface area contributed by atoms with Gasteiger partial charge in [0.2, 0.25) is 0 Å². The monoisotopic (exact) mass is 499 g/mol. The number of hydrogen-bond acceptors (Lipinski definition) is 8. The predicted octanol–water partition coefficient (Wildman–Crippen LogP) is 5.40. The summed E-state index contributed by atoms with van der Waals surface area (Å²) in [5.74, 6) is 1.99. The quantitative estimate of drug-likeness (QED) is 0.187. The SMILES string of the molecule is C=C(NOCc1ccccc1)c1ccc(Nc2ncnc3cc(OC)c(OCCCN(C)C)cc23)cc1. The molecular formula is C29H33N5O3. The van der Waals surface area contributed by atoms with Gasteiger partial charge in [0.15, 0.2) is 11.5 Å². The zero-order valence-electron chi connectivity index (χ0n) is 21.5. The highest BCUT2D eigenvalue weighted by molar-refractivity contribution is 5.93. The Labute approximate surface area is 217 Å². The number of anilines is 2. The van der Waals surface area contributed by atoms with E-state index >= 15 is 0 Å². The smallest absolute Gasteiger partial charge is 0.162 e. The van der Waals surface area contributed by atoms with Crippen molar-refractivity contribution in [3.05, 3.63) is 90.8 Å². The van der Waals surface area contributed by atoms with E-state index in [0.29, 0.717) is 36.2 Å². The average molecular weight is 500 g/mol. The second-order valence-electron chi connectivity index (χ2n) is 8.81. The first-order valence-corrected chi connectivity index (χ1v) is 12.1. The number of methoxy groups -OCH3 is 1. The van der Waals surface area contributed by atoms with Crippen LogP contribution in [-0.2, 0) is 11.4 Å². The normalized spacial score (nSPS) is 10.9. The minimum absolute atomic E-state index is 0.451. The molecule has 192 valence electrons. The number of fused-ring (bicyclic) bond motifs is 1. The standard InChI is InChI=1S/C29H33N5O3/c1-21(33-37-19-22-9-6-5-7-10-22)23-11-13-24(14-12-23)32-29-25-17-28(36-16-8-15-34(2)3)27(35-4)18-26(25)30-20-31-29/h5-7,9-14,17-18,20,33H,1,8,15-16,19H2,2-4H3,(H,30,31,32). The van der Waals surface area contributed by atoms with E-state index in [9.17, 15) is 0 Å². The minimum atomic E-state index is 0.451. The lowest BCUT2D eigenvalue weighted by atomic mass is 10.1. The lowest BCUT2D eigenvalue weighted by molar-refractivity contribution is 0.0648. The van der Waals surface area contributed by atoms with Crippen LogP contribution in [-0.4, -0.2) is 49.2 Å². The van der Waals surface area contributed by atoms with E-state index in [-0.39, 0.29) is 0 Å². The van der Waals surface area contributed by atoms with Crippen LogP contribution in [0.5, 0.6) is 11.5 Å². The highest BCUT2D eigenvalue weighted by Gasteiger charge is 2.12. The van der Waals surface area contributed by atoms with Crippen molar-refractivity contribution < 1.29 is 14.3 Å². The van der Waals surface area contributed by atoms with Crippen molar-refractivity contribution in [3.8, 4) is 11.5 Å². The van der Waals surface area contributed by atoms with Crippen LogP contribution in [0, 0.1) is 0 Å². The van der Waals surface area contributed by atoms with Gasteiger partial charge in [-0.25, -0.2) is 9.97 Å². The maximum absolute atomic E-state index is 6.03. The first kappa shape index (κ1) is 25.9. The highest BCUT2D eigenvalue weighted by Crippen LogP contribution is 2.35. The van der Waals surface area contributed by atoms with E-state index in [4.69, 9.17) is 14.3 Å². The molecular weight excluding hydrogens is 466 g/mol. The topological polar surface area (TPSA) is 80.8 Å². The summed E-state index contributed by atoms with van der Waals surface area (Å²) >= 11 is 0. The Morgan fingerprint density at radius 2 is 1.76 bits per heavy atom. The molecule has 0 bridgehead atoms. The molecule has 4 rings (SSSR count). The van der Waals surface area contributed by atoms with Crippen molar-refractivity contribution in [3.63, 3.8) is 0 Å². The fourth-order valence-corrected chi connectivity index (χ4v) is 3.73. The molecule has 8 nitrogen and oxygen atoms in total. The molecule has 4 aromatic rings. The minimum Gasteiger partial charge on any atom is -0.493 e. The average Bonchev–Trinajstić information content (AvgIpc) is 2.91. The first-order chi connectivity index (χ1) is 18.0. The fourth-order valence-electron chi connectivity index (χ4n) is 3.73. The molecule has 0 atom stereocenters. The van der Waals surface area contributed by atoms with Crippen LogP contribution in [0.4, 0.5) is 11.5 Å². The number of aromatic nitrogens is 2. The summed E-state index contributed by atoms with van der Waals surface area (Å²) in [7, 11) is 5.72. The Hall–Kier alpha value is -4.14.